The van der Waals surface area contributed by atoms with Crippen molar-refractivity contribution in [3.05, 3.63) is 58.2 Å². The number of hydrogen-bond acceptors (Lipinski definition) is 7. The number of benzene rings is 1. The first-order valence-corrected chi connectivity index (χ1v) is 8.88. The van der Waals surface area contributed by atoms with E-state index < -0.39 is 5.91 Å². The first-order valence-electron chi connectivity index (χ1n) is 7.69. The van der Waals surface area contributed by atoms with Gasteiger partial charge in [-0.3, -0.25) is 4.79 Å². The SMILES string of the molecule is NC(=O)Cc1nnc(Cc2nc3ccc(-c4ccc(Cl)cc4)nc3s2)o1. The summed E-state index contributed by atoms with van der Waals surface area (Å²) in [7, 11) is 0. The zero-order valence-electron chi connectivity index (χ0n) is 13.3. The largest absolute Gasteiger partial charge is 0.424 e. The zero-order valence-corrected chi connectivity index (χ0v) is 14.9. The fourth-order valence-corrected chi connectivity index (χ4v) is 3.48. The maximum absolute atomic E-state index is 10.9. The van der Waals surface area contributed by atoms with E-state index in [1.165, 1.54) is 11.3 Å². The number of nitrogens with two attached hydrogens (primary N) is 1. The van der Waals surface area contributed by atoms with Gasteiger partial charge in [-0.1, -0.05) is 35.1 Å². The van der Waals surface area contributed by atoms with Crippen LogP contribution in [0, 0.1) is 0 Å². The van der Waals surface area contributed by atoms with E-state index in [0.29, 0.717) is 17.3 Å². The minimum atomic E-state index is -0.515. The fraction of sp³-hybridized carbons (Fsp3) is 0.118. The van der Waals surface area contributed by atoms with Crippen LogP contribution in [0.4, 0.5) is 0 Å². The van der Waals surface area contributed by atoms with E-state index in [2.05, 4.69) is 20.2 Å². The molecule has 1 aromatic carbocycles. The number of amides is 1. The lowest BCUT2D eigenvalue weighted by atomic mass is 10.1. The second kappa shape index (κ2) is 6.81. The highest BCUT2D eigenvalue weighted by molar-refractivity contribution is 7.18. The van der Waals surface area contributed by atoms with E-state index in [0.717, 1.165) is 26.6 Å². The summed E-state index contributed by atoms with van der Waals surface area (Å²) in [5.41, 5.74) is 7.76. The van der Waals surface area contributed by atoms with E-state index in [4.69, 9.17) is 21.8 Å². The third kappa shape index (κ3) is 3.56. The number of carbonyl (C=O) groups is 1. The van der Waals surface area contributed by atoms with Crippen LogP contribution in [0.25, 0.3) is 21.6 Å². The molecule has 0 atom stereocenters. The number of hydrogen-bond donors (Lipinski definition) is 1. The van der Waals surface area contributed by atoms with Gasteiger partial charge in [-0.15, -0.1) is 10.2 Å². The first kappa shape index (κ1) is 16.6. The Morgan fingerprint density at radius 1 is 1.08 bits per heavy atom. The molecule has 3 heterocycles. The molecule has 4 aromatic rings. The van der Waals surface area contributed by atoms with Gasteiger partial charge in [0, 0.05) is 10.6 Å². The summed E-state index contributed by atoms with van der Waals surface area (Å²) in [5, 5.41) is 9.20. The molecule has 0 aliphatic rings. The number of rotatable bonds is 5. The minimum absolute atomic E-state index is 0.0706. The first-order chi connectivity index (χ1) is 12.6. The predicted molar refractivity (Wildman–Crippen MR) is 97.9 cm³/mol. The topological polar surface area (TPSA) is 108 Å². The van der Waals surface area contributed by atoms with E-state index >= 15 is 0 Å². The van der Waals surface area contributed by atoms with Crippen molar-refractivity contribution in [3.8, 4) is 11.3 Å². The Morgan fingerprint density at radius 3 is 2.62 bits per heavy atom. The fourth-order valence-electron chi connectivity index (χ4n) is 2.43. The molecule has 0 saturated carbocycles. The lowest BCUT2D eigenvalue weighted by Crippen LogP contribution is -2.13. The van der Waals surface area contributed by atoms with E-state index in [1.54, 1.807) is 0 Å². The monoisotopic (exact) mass is 385 g/mol. The Balaban J connectivity index is 1.58. The highest BCUT2D eigenvalue weighted by Crippen LogP contribution is 2.26. The number of nitrogens with zero attached hydrogens (tertiary/aromatic N) is 4. The molecule has 3 aromatic heterocycles. The third-order valence-corrected chi connectivity index (χ3v) is 4.79. The molecule has 0 radical (unpaired) electrons. The number of aromatic nitrogens is 4. The van der Waals surface area contributed by atoms with Crippen molar-refractivity contribution in [1.82, 2.24) is 20.2 Å². The number of thiazole rings is 1. The van der Waals surface area contributed by atoms with Crippen molar-refractivity contribution >= 4 is 39.2 Å². The normalized spacial score (nSPS) is 11.1. The van der Waals surface area contributed by atoms with E-state index in [9.17, 15) is 4.79 Å². The van der Waals surface area contributed by atoms with Gasteiger partial charge < -0.3 is 10.2 Å². The van der Waals surface area contributed by atoms with Crippen molar-refractivity contribution in [2.45, 2.75) is 12.8 Å². The molecule has 1 amide bonds. The molecule has 9 heteroatoms. The molecule has 0 aliphatic carbocycles. The standard InChI is InChI=1S/C17H12ClN5O2S/c18-10-3-1-9(2-4-10)11-5-6-12-17(21-11)26-16(20-12)8-15-23-22-14(25-15)7-13(19)24/h1-6H,7-8H2,(H2,19,24). The molecule has 0 unspecified atom stereocenters. The van der Waals surface area contributed by atoms with Crippen LogP contribution in [0.1, 0.15) is 16.8 Å². The molecular formula is C17H12ClN5O2S. The second-order valence-electron chi connectivity index (χ2n) is 5.54. The van der Waals surface area contributed by atoms with Crippen molar-refractivity contribution in [3.63, 3.8) is 0 Å². The molecule has 26 heavy (non-hydrogen) atoms. The Morgan fingerprint density at radius 2 is 1.85 bits per heavy atom. The van der Waals surface area contributed by atoms with Crippen LogP contribution in [0.2, 0.25) is 5.02 Å². The summed E-state index contributed by atoms with van der Waals surface area (Å²) in [5.74, 6) is 0.0779. The molecule has 130 valence electrons. The van der Waals surface area contributed by atoms with Gasteiger partial charge in [-0.05, 0) is 24.3 Å². The van der Waals surface area contributed by atoms with Crippen molar-refractivity contribution in [2.24, 2.45) is 5.73 Å². The minimum Gasteiger partial charge on any atom is -0.424 e. The highest BCUT2D eigenvalue weighted by atomic mass is 35.5. The molecule has 0 spiro atoms. The van der Waals surface area contributed by atoms with Gasteiger partial charge in [0.25, 0.3) is 0 Å². The van der Waals surface area contributed by atoms with Crippen LogP contribution in [0.3, 0.4) is 0 Å². The molecule has 0 saturated heterocycles. The van der Waals surface area contributed by atoms with Gasteiger partial charge in [0.2, 0.25) is 17.7 Å². The number of fused-ring (bicyclic) bond motifs is 1. The van der Waals surface area contributed by atoms with Crippen LogP contribution in [-0.2, 0) is 17.6 Å². The van der Waals surface area contributed by atoms with Crippen LogP contribution in [-0.4, -0.2) is 26.1 Å². The third-order valence-electron chi connectivity index (χ3n) is 3.58. The Kier molecular flexibility index (Phi) is 4.36. The zero-order chi connectivity index (χ0) is 18.1. The average molecular weight is 386 g/mol. The summed E-state index contributed by atoms with van der Waals surface area (Å²) < 4.78 is 5.41. The number of carbonyl (C=O) groups excluding carboxylic acids is 1. The lowest BCUT2D eigenvalue weighted by Gasteiger charge is -2.00. The van der Waals surface area contributed by atoms with Crippen LogP contribution in [0.15, 0.2) is 40.8 Å². The molecule has 7 nitrogen and oxygen atoms in total. The number of pyridine rings is 1. The summed E-state index contributed by atoms with van der Waals surface area (Å²) in [6.45, 7) is 0. The molecule has 0 bridgehead atoms. The van der Waals surface area contributed by atoms with Gasteiger partial charge >= 0.3 is 0 Å². The summed E-state index contributed by atoms with van der Waals surface area (Å²) in [4.78, 5) is 20.9. The van der Waals surface area contributed by atoms with Crippen LogP contribution < -0.4 is 5.73 Å². The quantitative estimate of drug-likeness (QED) is 0.565. The van der Waals surface area contributed by atoms with Crippen molar-refractivity contribution in [1.29, 1.82) is 0 Å². The van der Waals surface area contributed by atoms with Crippen LogP contribution in [0.5, 0.6) is 0 Å². The predicted octanol–water partition coefficient (Wildman–Crippen LogP) is 3.01. The van der Waals surface area contributed by atoms with Gasteiger partial charge in [0.05, 0.1) is 12.1 Å². The van der Waals surface area contributed by atoms with E-state index in [1.807, 2.05) is 36.4 Å². The second-order valence-corrected chi connectivity index (χ2v) is 7.04. The van der Waals surface area contributed by atoms with Gasteiger partial charge in [0.15, 0.2) is 0 Å². The number of halogens is 1. The van der Waals surface area contributed by atoms with Crippen molar-refractivity contribution in [2.75, 3.05) is 0 Å². The summed E-state index contributed by atoms with van der Waals surface area (Å²) in [6.07, 6.45) is 0.307. The molecule has 2 N–H and O–H groups in total. The Labute approximate surface area is 156 Å². The molecule has 0 aliphatic heterocycles. The van der Waals surface area contributed by atoms with Gasteiger partial charge in [0.1, 0.15) is 21.8 Å². The smallest absolute Gasteiger partial charge is 0.226 e. The highest BCUT2D eigenvalue weighted by Gasteiger charge is 2.13. The molecular weight excluding hydrogens is 374 g/mol. The maximum atomic E-state index is 10.9. The number of primary amides is 1. The Hall–Kier alpha value is -2.84. The van der Waals surface area contributed by atoms with Crippen molar-refractivity contribution < 1.29 is 9.21 Å². The van der Waals surface area contributed by atoms with Gasteiger partial charge in [-0.2, -0.15) is 0 Å². The Bertz CT molecular complexity index is 1090. The summed E-state index contributed by atoms with van der Waals surface area (Å²) >= 11 is 7.39. The average Bonchev–Trinajstić information content (AvgIpc) is 3.20. The lowest BCUT2D eigenvalue weighted by molar-refractivity contribution is -0.117. The van der Waals surface area contributed by atoms with E-state index in [-0.39, 0.29) is 12.3 Å². The molecule has 0 fully saturated rings. The maximum Gasteiger partial charge on any atom is 0.226 e. The van der Waals surface area contributed by atoms with Gasteiger partial charge in [-0.25, -0.2) is 9.97 Å². The molecule has 4 rings (SSSR count). The summed E-state index contributed by atoms with van der Waals surface area (Å²) in [6, 6.07) is 11.4. The van der Waals surface area contributed by atoms with Crippen LogP contribution >= 0.6 is 22.9 Å².